The standard InChI is InChI=1S/C19H19N3O2/c1-14-6-2-5-9-17(14)22-11-10-21(18(23)19(22)24)13-16-8-4-3-7-15(16)12-20/h2,4-6,8-9H,3,7,10-11,13H2,1H3. The van der Waals surface area contributed by atoms with Crippen molar-refractivity contribution >= 4 is 17.5 Å². The highest BCUT2D eigenvalue weighted by Gasteiger charge is 2.34. The topological polar surface area (TPSA) is 64.4 Å². The summed E-state index contributed by atoms with van der Waals surface area (Å²) in [6.45, 7) is 3.19. The number of aryl methyl sites for hydroxylation is 1. The summed E-state index contributed by atoms with van der Waals surface area (Å²) < 4.78 is 0. The van der Waals surface area contributed by atoms with E-state index in [0.29, 0.717) is 31.6 Å². The van der Waals surface area contributed by atoms with Crippen molar-refractivity contribution in [2.24, 2.45) is 0 Å². The average molecular weight is 321 g/mol. The molecule has 5 heteroatoms. The summed E-state index contributed by atoms with van der Waals surface area (Å²) in [5.41, 5.74) is 3.30. The second kappa shape index (κ2) is 6.71. The molecule has 1 fully saturated rings. The Kier molecular flexibility index (Phi) is 4.48. The van der Waals surface area contributed by atoms with Crippen molar-refractivity contribution < 1.29 is 9.59 Å². The second-order valence-corrected chi connectivity index (χ2v) is 6.03. The first-order valence-corrected chi connectivity index (χ1v) is 8.07. The zero-order valence-corrected chi connectivity index (χ0v) is 13.7. The SMILES string of the molecule is Cc1ccccc1N1CCN(CC2=C(C#N)CCC=C2)C(=O)C1=O. The molecular weight excluding hydrogens is 302 g/mol. The highest BCUT2D eigenvalue weighted by Crippen LogP contribution is 2.24. The van der Waals surface area contributed by atoms with Crippen LogP contribution in [0, 0.1) is 18.3 Å². The third-order valence-corrected chi connectivity index (χ3v) is 4.48. The Labute approximate surface area is 141 Å². The van der Waals surface area contributed by atoms with E-state index in [9.17, 15) is 14.9 Å². The normalized spacial score (nSPS) is 18.2. The molecule has 2 aliphatic rings. The second-order valence-electron chi connectivity index (χ2n) is 6.03. The Bertz CT molecular complexity index is 786. The van der Waals surface area contributed by atoms with Crippen LogP contribution in [0.15, 0.2) is 47.6 Å². The van der Waals surface area contributed by atoms with Crippen molar-refractivity contribution in [3.8, 4) is 6.07 Å². The van der Waals surface area contributed by atoms with Gasteiger partial charge in [0.15, 0.2) is 0 Å². The summed E-state index contributed by atoms with van der Waals surface area (Å²) in [7, 11) is 0. The number of hydrogen-bond acceptors (Lipinski definition) is 3. The average Bonchev–Trinajstić information content (AvgIpc) is 2.60. The zero-order valence-electron chi connectivity index (χ0n) is 13.7. The minimum absolute atomic E-state index is 0.325. The molecule has 1 aliphatic heterocycles. The van der Waals surface area contributed by atoms with E-state index in [4.69, 9.17) is 0 Å². The lowest BCUT2D eigenvalue weighted by Gasteiger charge is -2.35. The summed E-state index contributed by atoms with van der Waals surface area (Å²) >= 11 is 0. The number of hydrogen-bond donors (Lipinski definition) is 0. The highest BCUT2D eigenvalue weighted by molar-refractivity contribution is 6.41. The minimum atomic E-state index is -0.506. The third kappa shape index (κ3) is 2.95. The van der Waals surface area contributed by atoms with Gasteiger partial charge in [0.25, 0.3) is 0 Å². The van der Waals surface area contributed by atoms with Gasteiger partial charge in [0.1, 0.15) is 0 Å². The molecule has 0 radical (unpaired) electrons. The summed E-state index contributed by atoms with van der Waals surface area (Å²) in [6, 6.07) is 9.76. The number of amides is 2. The fraction of sp³-hybridized carbons (Fsp3) is 0.316. The molecule has 0 unspecified atom stereocenters. The van der Waals surface area contributed by atoms with Crippen LogP contribution in [-0.2, 0) is 9.59 Å². The number of anilines is 1. The van der Waals surface area contributed by atoms with Crippen LogP contribution >= 0.6 is 0 Å². The third-order valence-electron chi connectivity index (χ3n) is 4.48. The summed E-state index contributed by atoms with van der Waals surface area (Å²) in [5, 5.41) is 9.21. The van der Waals surface area contributed by atoms with E-state index in [-0.39, 0.29) is 0 Å². The molecule has 1 heterocycles. The number of rotatable bonds is 3. The molecule has 0 bridgehead atoms. The largest absolute Gasteiger partial charge is 0.328 e. The van der Waals surface area contributed by atoms with E-state index in [1.165, 1.54) is 0 Å². The van der Waals surface area contributed by atoms with Gasteiger partial charge in [0.2, 0.25) is 0 Å². The molecule has 1 aliphatic carbocycles. The smallest absolute Gasteiger partial charge is 0.316 e. The van der Waals surface area contributed by atoms with Gasteiger partial charge in [-0.1, -0.05) is 30.4 Å². The van der Waals surface area contributed by atoms with Crippen molar-refractivity contribution in [1.82, 2.24) is 4.90 Å². The Morgan fingerprint density at radius 3 is 2.71 bits per heavy atom. The first kappa shape index (κ1) is 16.0. The quantitative estimate of drug-likeness (QED) is 0.803. The monoisotopic (exact) mass is 321 g/mol. The summed E-state index contributed by atoms with van der Waals surface area (Å²) in [4.78, 5) is 28.1. The number of para-hydroxylation sites is 1. The summed E-state index contributed by atoms with van der Waals surface area (Å²) in [5.74, 6) is -1.01. The molecule has 5 nitrogen and oxygen atoms in total. The van der Waals surface area contributed by atoms with Gasteiger partial charge >= 0.3 is 11.8 Å². The number of piperazine rings is 1. The number of allylic oxidation sites excluding steroid dienone is 2. The van der Waals surface area contributed by atoms with Gasteiger partial charge in [-0.15, -0.1) is 0 Å². The van der Waals surface area contributed by atoms with E-state index in [2.05, 4.69) is 6.07 Å². The highest BCUT2D eigenvalue weighted by atomic mass is 16.2. The van der Waals surface area contributed by atoms with Gasteiger partial charge in [0, 0.05) is 30.9 Å². The van der Waals surface area contributed by atoms with Crippen molar-refractivity contribution in [3.63, 3.8) is 0 Å². The van der Waals surface area contributed by atoms with Crippen LogP contribution < -0.4 is 4.90 Å². The number of nitrogens with zero attached hydrogens (tertiary/aromatic N) is 3. The number of carbonyl (C=O) groups excluding carboxylic acids is 2. The Balaban J connectivity index is 1.78. The number of benzene rings is 1. The lowest BCUT2D eigenvalue weighted by molar-refractivity contribution is -0.145. The molecule has 0 spiro atoms. The van der Waals surface area contributed by atoms with E-state index < -0.39 is 11.8 Å². The van der Waals surface area contributed by atoms with Crippen LogP contribution in [0.4, 0.5) is 5.69 Å². The lowest BCUT2D eigenvalue weighted by atomic mass is 9.98. The maximum Gasteiger partial charge on any atom is 0.316 e. The molecule has 0 atom stereocenters. The molecule has 1 saturated heterocycles. The van der Waals surface area contributed by atoms with Crippen LogP contribution in [-0.4, -0.2) is 36.3 Å². The van der Waals surface area contributed by atoms with Gasteiger partial charge in [0.05, 0.1) is 6.07 Å². The molecule has 0 aromatic heterocycles. The predicted octanol–water partition coefficient (Wildman–Crippen LogP) is 2.34. The van der Waals surface area contributed by atoms with Crippen LogP contribution in [0.3, 0.4) is 0 Å². The molecule has 24 heavy (non-hydrogen) atoms. The van der Waals surface area contributed by atoms with Gasteiger partial charge < -0.3 is 9.80 Å². The van der Waals surface area contributed by atoms with Crippen molar-refractivity contribution in [2.45, 2.75) is 19.8 Å². The number of nitriles is 1. The molecule has 3 rings (SSSR count). The molecule has 1 aromatic rings. The number of carbonyl (C=O) groups is 2. The molecule has 1 aromatic carbocycles. The predicted molar refractivity (Wildman–Crippen MR) is 91.1 cm³/mol. The van der Waals surface area contributed by atoms with Crippen molar-refractivity contribution in [3.05, 3.63) is 53.1 Å². The molecule has 122 valence electrons. The lowest BCUT2D eigenvalue weighted by Crippen LogP contribution is -2.55. The Hall–Kier alpha value is -2.87. The van der Waals surface area contributed by atoms with E-state index in [1.807, 2.05) is 43.3 Å². The Morgan fingerprint density at radius 2 is 1.96 bits per heavy atom. The van der Waals surface area contributed by atoms with E-state index in [1.54, 1.807) is 9.80 Å². The molecule has 0 N–H and O–H groups in total. The molecule has 2 amide bonds. The van der Waals surface area contributed by atoms with E-state index >= 15 is 0 Å². The molecule has 0 saturated carbocycles. The van der Waals surface area contributed by atoms with Gasteiger partial charge in [-0.3, -0.25) is 9.59 Å². The maximum atomic E-state index is 12.5. The first-order valence-electron chi connectivity index (χ1n) is 8.07. The zero-order chi connectivity index (χ0) is 17.1. The molecular formula is C19H19N3O2. The van der Waals surface area contributed by atoms with E-state index in [0.717, 1.165) is 23.2 Å². The van der Waals surface area contributed by atoms with Gasteiger partial charge in [-0.2, -0.15) is 5.26 Å². The maximum absolute atomic E-state index is 12.5. The fourth-order valence-electron chi connectivity index (χ4n) is 3.12. The van der Waals surface area contributed by atoms with Crippen LogP contribution in [0.5, 0.6) is 0 Å². The van der Waals surface area contributed by atoms with Gasteiger partial charge in [-0.25, -0.2) is 0 Å². The first-order chi connectivity index (χ1) is 11.6. The minimum Gasteiger partial charge on any atom is -0.328 e. The fourth-order valence-corrected chi connectivity index (χ4v) is 3.12. The van der Waals surface area contributed by atoms with Crippen molar-refractivity contribution in [1.29, 1.82) is 5.26 Å². The van der Waals surface area contributed by atoms with Crippen LogP contribution in [0.2, 0.25) is 0 Å². The Morgan fingerprint density at radius 1 is 1.17 bits per heavy atom. The van der Waals surface area contributed by atoms with Crippen molar-refractivity contribution in [2.75, 3.05) is 24.5 Å². The van der Waals surface area contributed by atoms with Crippen LogP contribution in [0.1, 0.15) is 18.4 Å². The van der Waals surface area contributed by atoms with Gasteiger partial charge in [-0.05, 0) is 37.0 Å². The van der Waals surface area contributed by atoms with Crippen LogP contribution in [0.25, 0.3) is 0 Å². The summed E-state index contributed by atoms with van der Waals surface area (Å²) in [6.07, 6.45) is 5.45.